The van der Waals surface area contributed by atoms with Crippen LogP contribution in [0, 0.1) is 0 Å². The topological polar surface area (TPSA) is 24.1 Å². The first-order chi connectivity index (χ1) is 9.31. The fourth-order valence-electron chi connectivity index (χ4n) is 2.27. The Hall–Kier alpha value is -2.06. The van der Waals surface area contributed by atoms with Crippen molar-refractivity contribution in [2.75, 3.05) is 0 Å². The van der Waals surface area contributed by atoms with Gasteiger partial charge in [-0.2, -0.15) is 0 Å². The second-order valence-corrected chi connectivity index (χ2v) is 4.73. The van der Waals surface area contributed by atoms with Crippen LogP contribution in [-0.2, 0) is 13.0 Å². The molecule has 0 radical (unpaired) electrons. The van der Waals surface area contributed by atoms with Gasteiger partial charge in [-0.1, -0.05) is 36.4 Å². The monoisotopic (exact) mass is 285 g/mol. The van der Waals surface area contributed by atoms with E-state index in [0.717, 1.165) is 23.7 Å². The van der Waals surface area contributed by atoms with Crippen LogP contribution in [0.4, 0.5) is 0 Å². The summed E-state index contributed by atoms with van der Waals surface area (Å²) in [7, 11) is 0. The van der Waals surface area contributed by atoms with Gasteiger partial charge in [0.1, 0.15) is 5.75 Å². The molecular formula is C17H16ClNO. The van der Waals surface area contributed by atoms with E-state index in [2.05, 4.69) is 47.3 Å². The zero-order chi connectivity index (χ0) is 13.1. The third-order valence-corrected chi connectivity index (χ3v) is 3.32. The number of nitrogens with zero attached hydrogens (tertiary/aromatic N) is 1. The van der Waals surface area contributed by atoms with E-state index >= 15 is 0 Å². The molecule has 1 aromatic heterocycles. The van der Waals surface area contributed by atoms with Crippen molar-refractivity contribution in [1.29, 1.82) is 0 Å². The molecule has 0 fully saturated rings. The maximum atomic E-state index is 9.52. The minimum atomic E-state index is 0. The predicted octanol–water partition coefficient (Wildman–Crippen LogP) is 0.0796. The molecule has 1 N–H and O–H groups in total. The molecule has 0 aliphatic rings. The maximum absolute atomic E-state index is 9.52. The van der Waals surface area contributed by atoms with Gasteiger partial charge in [-0.3, -0.25) is 0 Å². The van der Waals surface area contributed by atoms with Crippen LogP contribution < -0.4 is 17.0 Å². The van der Waals surface area contributed by atoms with Gasteiger partial charge in [0.25, 0.3) is 0 Å². The van der Waals surface area contributed by atoms with Gasteiger partial charge in [0, 0.05) is 17.9 Å². The zero-order valence-corrected chi connectivity index (χ0v) is 11.8. The number of halogens is 1. The minimum Gasteiger partial charge on any atom is -1.00 e. The third-order valence-electron chi connectivity index (χ3n) is 3.32. The van der Waals surface area contributed by atoms with Crippen LogP contribution in [0.25, 0.3) is 10.8 Å². The smallest absolute Gasteiger partial charge is 0.176 e. The van der Waals surface area contributed by atoms with Gasteiger partial charge in [0.2, 0.25) is 0 Å². The highest BCUT2D eigenvalue weighted by atomic mass is 35.5. The van der Waals surface area contributed by atoms with E-state index in [1.54, 1.807) is 12.1 Å². The maximum Gasteiger partial charge on any atom is 0.176 e. The molecule has 3 heteroatoms. The van der Waals surface area contributed by atoms with Crippen molar-refractivity contribution in [3.8, 4) is 5.75 Å². The first-order valence-electron chi connectivity index (χ1n) is 6.47. The quantitative estimate of drug-likeness (QED) is 0.677. The summed E-state index contributed by atoms with van der Waals surface area (Å²) >= 11 is 0. The lowest BCUT2D eigenvalue weighted by atomic mass is 10.1. The van der Waals surface area contributed by atoms with Crippen LogP contribution in [0.2, 0.25) is 0 Å². The number of benzene rings is 2. The van der Waals surface area contributed by atoms with Crippen LogP contribution in [0.1, 0.15) is 5.56 Å². The summed E-state index contributed by atoms with van der Waals surface area (Å²) in [6.07, 6.45) is 5.18. The molecular weight excluding hydrogens is 270 g/mol. The first kappa shape index (κ1) is 14.4. The van der Waals surface area contributed by atoms with E-state index in [4.69, 9.17) is 0 Å². The SMILES string of the molecule is Oc1ccc2cc[n+](CCc3ccccc3)cc2c1.[Cl-]. The van der Waals surface area contributed by atoms with Crippen LogP contribution in [0.5, 0.6) is 5.75 Å². The minimum absolute atomic E-state index is 0. The molecule has 1 heterocycles. The van der Waals surface area contributed by atoms with Crippen LogP contribution in [0.15, 0.2) is 67.0 Å². The van der Waals surface area contributed by atoms with E-state index < -0.39 is 0 Å². The highest BCUT2D eigenvalue weighted by Gasteiger charge is 2.04. The van der Waals surface area contributed by atoms with Crippen LogP contribution >= 0.6 is 0 Å². The fourth-order valence-corrected chi connectivity index (χ4v) is 2.27. The number of aryl methyl sites for hydroxylation is 2. The van der Waals surface area contributed by atoms with Crippen molar-refractivity contribution in [3.05, 3.63) is 72.6 Å². The van der Waals surface area contributed by atoms with Crippen molar-refractivity contribution in [2.45, 2.75) is 13.0 Å². The lowest BCUT2D eigenvalue weighted by Crippen LogP contribution is -3.00. The predicted molar refractivity (Wildman–Crippen MR) is 76.0 cm³/mol. The Bertz CT molecular complexity index is 698. The number of hydrogen-bond acceptors (Lipinski definition) is 1. The third kappa shape index (κ3) is 3.28. The number of phenolic OH excluding ortho intramolecular Hbond substituents is 1. The molecule has 2 aromatic carbocycles. The molecule has 0 unspecified atom stereocenters. The fraction of sp³-hybridized carbons (Fsp3) is 0.118. The average Bonchev–Trinajstić information content (AvgIpc) is 2.46. The van der Waals surface area contributed by atoms with Gasteiger partial charge in [0.05, 0.1) is 0 Å². The molecule has 0 saturated carbocycles. The van der Waals surface area contributed by atoms with Crippen molar-refractivity contribution in [2.24, 2.45) is 0 Å². The molecule has 0 saturated heterocycles. The molecule has 0 aliphatic carbocycles. The molecule has 3 aromatic rings. The van der Waals surface area contributed by atoms with Gasteiger partial charge in [-0.15, -0.1) is 0 Å². The summed E-state index contributed by atoms with van der Waals surface area (Å²) in [6, 6.07) is 18.0. The molecule has 3 rings (SSSR count). The number of aromatic nitrogens is 1. The largest absolute Gasteiger partial charge is 1.00 e. The number of rotatable bonds is 3. The Kier molecular flexibility index (Phi) is 4.59. The lowest BCUT2D eigenvalue weighted by molar-refractivity contribution is -0.695. The molecule has 0 spiro atoms. The van der Waals surface area contributed by atoms with E-state index in [1.807, 2.05) is 12.1 Å². The van der Waals surface area contributed by atoms with Crippen molar-refractivity contribution in [1.82, 2.24) is 0 Å². The van der Waals surface area contributed by atoms with Crippen LogP contribution in [0.3, 0.4) is 0 Å². The van der Waals surface area contributed by atoms with Crippen molar-refractivity contribution >= 4 is 10.8 Å². The second-order valence-electron chi connectivity index (χ2n) is 4.73. The number of pyridine rings is 1. The average molecular weight is 286 g/mol. The highest BCUT2D eigenvalue weighted by Crippen LogP contribution is 2.17. The normalized spacial score (nSPS) is 10.2. The summed E-state index contributed by atoms with van der Waals surface area (Å²) in [5, 5.41) is 11.7. The number of aromatic hydroxyl groups is 1. The Labute approximate surface area is 124 Å². The second kappa shape index (κ2) is 6.40. The van der Waals surface area contributed by atoms with Crippen molar-refractivity contribution < 1.29 is 22.1 Å². The number of phenols is 1. The van der Waals surface area contributed by atoms with E-state index in [1.165, 1.54) is 5.56 Å². The molecule has 0 aliphatic heterocycles. The van der Waals surface area contributed by atoms with Crippen LogP contribution in [-0.4, -0.2) is 5.11 Å². The Morgan fingerprint density at radius 2 is 1.70 bits per heavy atom. The summed E-state index contributed by atoms with van der Waals surface area (Å²) < 4.78 is 2.16. The zero-order valence-electron chi connectivity index (χ0n) is 11.0. The molecule has 20 heavy (non-hydrogen) atoms. The van der Waals surface area contributed by atoms with E-state index in [-0.39, 0.29) is 12.4 Å². The number of fused-ring (bicyclic) bond motifs is 1. The molecule has 0 bridgehead atoms. The lowest BCUT2D eigenvalue weighted by Gasteiger charge is -2.01. The highest BCUT2D eigenvalue weighted by molar-refractivity contribution is 5.81. The standard InChI is InChI=1S/C17H15NO.ClH/c19-17-7-6-15-9-11-18(13-16(15)12-17)10-8-14-4-2-1-3-5-14;/h1-7,9,11-13H,8,10H2;1H. The Balaban J connectivity index is 0.00000147. The van der Waals surface area contributed by atoms with Gasteiger partial charge in [-0.05, 0) is 23.1 Å². The van der Waals surface area contributed by atoms with Gasteiger partial charge in [0.15, 0.2) is 18.9 Å². The molecule has 0 amide bonds. The first-order valence-corrected chi connectivity index (χ1v) is 6.47. The molecule has 102 valence electrons. The van der Waals surface area contributed by atoms with E-state index in [0.29, 0.717) is 5.75 Å². The molecule has 0 atom stereocenters. The summed E-state index contributed by atoms with van der Waals surface area (Å²) in [5.41, 5.74) is 1.34. The van der Waals surface area contributed by atoms with Gasteiger partial charge >= 0.3 is 0 Å². The van der Waals surface area contributed by atoms with Crippen molar-refractivity contribution in [3.63, 3.8) is 0 Å². The van der Waals surface area contributed by atoms with Gasteiger partial charge in [-0.25, -0.2) is 4.57 Å². The van der Waals surface area contributed by atoms with E-state index in [9.17, 15) is 5.11 Å². The Morgan fingerprint density at radius 3 is 2.50 bits per heavy atom. The van der Waals surface area contributed by atoms with Gasteiger partial charge < -0.3 is 17.5 Å². The summed E-state index contributed by atoms with van der Waals surface area (Å²) in [5.74, 6) is 0.313. The Morgan fingerprint density at radius 1 is 0.900 bits per heavy atom. The molecule has 2 nitrogen and oxygen atoms in total. The summed E-state index contributed by atoms with van der Waals surface area (Å²) in [6.45, 7) is 0.940. The number of hydrogen-bond donors (Lipinski definition) is 1. The summed E-state index contributed by atoms with van der Waals surface area (Å²) in [4.78, 5) is 0.